The molecule has 0 aromatic carbocycles. The molecular formula is C14H25N3O13P2. The van der Waals surface area contributed by atoms with Crippen LogP contribution in [0.3, 0.4) is 0 Å². The number of anilines is 1. The number of nitrogen functional groups attached to an aromatic ring is 1. The van der Waals surface area contributed by atoms with Crippen molar-refractivity contribution in [2.75, 3.05) is 25.6 Å². The highest BCUT2D eigenvalue weighted by molar-refractivity contribution is 7.61. The van der Waals surface area contributed by atoms with Crippen molar-refractivity contribution < 1.29 is 57.4 Å². The molecule has 184 valence electrons. The third kappa shape index (κ3) is 7.12. The maximum Gasteiger partial charge on any atom is 0.481 e. The average Bonchev–Trinajstić information content (AvgIpc) is 2.97. The number of nitrogens with zero attached hydrogens (tertiary/aromatic N) is 2. The molecule has 2 rings (SSSR count). The van der Waals surface area contributed by atoms with Crippen molar-refractivity contribution in [1.29, 1.82) is 0 Å². The van der Waals surface area contributed by atoms with Crippen LogP contribution >= 0.6 is 15.6 Å². The molecule has 0 spiro atoms. The third-order valence-electron chi connectivity index (χ3n) is 4.42. The number of aliphatic hydroxyl groups is 4. The number of aliphatic hydroxyl groups excluding tert-OH is 4. The number of ether oxygens (including phenoxy) is 1. The zero-order valence-electron chi connectivity index (χ0n) is 16.6. The van der Waals surface area contributed by atoms with Gasteiger partial charge in [-0.15, -0.1) is 0 Å². The maximum absolute atomic E-state index is 12.0. The molecule has 1 aliphatic rings. The van der Waals surface area contributed by atoms with Gasteiger partial charge < -0.3 is 40.7 Å². The average molecular weight is 505 g/mol. The van der Waals surface area contributed by atoms with Crippen molar-refractivity contribution in [1.82, 2.24) is 9.55 Å². The van der Waals surface area contributed by atoms with Crippen molar-refractivity contribution >= 4 is 21.5 Å². The van der Waals surface area contributed by atoms with Gasteiger partial charge in [0.25, 0.3) is 0 Å². The van der Waals surface area contributed by atoms with Gasteiger partial charge in [0.15, 0.2) is 6.23 Å². The molecule has 1 aromatic heterocycles. The summed E-state index contributed by atoms with van der Waals surface area (Å²) in [6.45, 7) is -0.722. The predicted octanol–water partition coefficient (Wildman–Crippen LogP) is -2.32. The monoisotopic (exact) mass is 505 g/mol. The van der Waals surface area contributed by atoms with Gasteiger partial charge in [0.05, 0.1) is 19.3 Å². The highest BCUT2D eigenvalue weighted by Gasteiger charge is 2.46. The lowest BCUT2D eigenvalue weighted by atomic mass is 10.1. The molecule has 32 heavy (non-hydrogen) atoms. The number of hydrogen-bond acceptors (Lipinski definition) is 13. The summed E-state index contributed by atoms with van der Waals surface area (Å²) in [5.41, 5.74) is 4.48. The van der Waals surface area contributed by atoms with E-state index >= 15 is 0 Å². The van der Waals surface area contributed by atoms with E-state index < -0.39 is 77.7 Å². The molecular weight excluding hydrogens is 480 g/mol. The second-order valence-electron chi connectivity index (χ2n) is 6.93. The summed E-state index contributed by atoms with van der Waals surface area (Å²) in [5, 5.41) is 38.7. The largest absolute Gasteiger partial charge is 0.481 e. The standard InChI is InChI=1S/C14H25N3O13P2/c1-7(4-18)8(19)5-27-31(23,24)30-32(25,26)28-6-9-11(20)12(21)13(29-9)17-3-2-10(15)16-14(17)22/h2-3,7-9,11-13,18-21H,4-6H2,1H3,(H,23,24)(H,25,26)(H2,15,16,22)/t7-,8-,9-,11-,12-,13-/m1/s1. The Labute approximate surface area is 181 Å². The van der Waals surface area contributed by atoms with Crippen molar-refractivity contribution in [3.05, 3.63) is 22.7 Å². The molecule has 16 nitrogen and oxygen atoms in total. The third-order valence-corrected chi connectivity index (χ3v) is 7.03. The fourth-order valence-electron chi connectivity index (χ4n) is 2.52. The van der Waals surface area contributed by atoms with Crippen molar-refractivity contribution in [2.24, 2.45) is 5.92 Å². The van der Waals surface area contributed by atoms with Crippen LogP contribution in [0.1, 0.15) is 13.2 Å². The highest BCUT2D eigenvalue weighted by atomic mass is 31.3. The Morgan fingerprint density at radius 1 is 1.25 bits per heavy atom. The molecule has 1 fully saturated rings. The lowest BCUT2D eigenvalue weighted by Gasteiger charge is -2.21. The molecule has 1 aromatic rings. The van der Waals surface area contributed by atoms with Crippen molar-refractivity contribution in [2.45, 2.75) is 37.6 Å². The van der Waals surface area contributed by atoms with E-state index in [1.807, 2.05) is 0 Å². The Bertz CT molecular complexity index is 929. The SMILES string of the molecule is C[C@H](CO)[C@H](O)COP(=O)(O)OP(=O)(O)OC[C@H]1O[C@@H](n2ccc(N)nc2=O)[C@H](O)[C@@H]1O. The van der Waals surface area contributed by atoms with Gasteiger partial charge >= 0.3 is 21.3 Å². The molecule has 0 bridgehead atoms. The maximum atomic E-state index is 12.0. The van der Waals surface area contributed by atoms with E-state index in [-0.39, 0.29) is 5.82 Å². The van der Waals surface area contributed by atoms with Crippen LogP contribution < -0.4 is 11.4 Å². The van der Waals surface area contributed by atoms with Crippen molar-refractivity contribution in [3.63, 3.8) is 0 Å². The van der Waals surface area contributed by atoms with Gasteiger partial charge in [-0.1, -0.05) is 6.92 Å². The smallest absolute Gasteiger partial charge is 0.396 e. The summed E-state index contributed by atoms with van der Waals surface area (Å²) in [6.07, 6.45) is -6.44. The first-order valence-electron chi connectivity index (χ1n) is 9.07. The summed E-state index contributed by atoms with van der Waals surface area (Å²) < 4.78 is 42.9. The zero-order valence-corrected chi connectivity index (χ0v) is 18.4. The molecule has 1 aliphatic heterocycles. The number of phosphoric ester groups is 2. The molecule has 2 heterocycles. The lowest BCUT2D eigenvalue weighted by molar-refractivity contribution is -0.0543. The normalized spacial score (nSPS) is 29.2. The molecule has 0 saturated carbocycles. The summed E-state index contributed by atoms with van der Waals surface area (Å²) in [6, 6.07) is 1.24. The molecule has 0 aliphatic carbocycles. The van der Waals surface area contributed by atoms with Crippen LogP contribution in [0.15, 0.2) is 17.1 Å². The predicted molar refractivity (Wildman–Crippen MR) is 104 cm³/mol. The van der Waals surface area contributed by atoms with Gasteiger partial charge in [0, 0.05) is 18.7 Å². The van der Waals surface area contributed by atoms with Gasteiger partial charge in [-0.3, -0.25) is 13.6 Å². The van der Waals surface area contributed by atoms with Gasteiger partial charge in [0.1, 0.15) is 24.1 Å². The van der Waals surface area contributed by atoms with E-state index in [2.05, 4.69) is 18.3 Å². The lowest BCUT2D eigenvalue weighted by Crippen LogP contribution is -2.36. The topological polar surface area (TPSA) is 253 Å². The fourth-order valence-corrected chi connectivity index (χ4v) is 4.61. The zero-order chi connectivity index (χ0) is 24.3. The van der Waals surface area contributed by atoms with Gasteiger partial charge in [-0.05, 0) is 6.07 Å². The Hall–Kier alpha value is -1.26. The van der Waals surface area contributed by atoms with Crippen molar-refractivity contribution in [3.8, 4) is 0 Å². The number of nitrogens with two attached hydrogens (primary N) is 1. The van der Waals surface area contributed by atoms with Crippen LogP contribution in [0.4, 0.5) is 5.82 Å². The molecule has 18 heteroatoms. The Morgan fingerprint density at radius 2 is 1.88 bits per heavy atom. The van der Waals surface area contributed by atoms with Crippen LogP contribution in [0.5, 0.6) is 0 Å². The van der Waals surface area contributed by atoms with Gasteiger partial charge in [-0.2, -0.15) is 9.29 Å². The number of phosphoric acid groups is 2. The number of hydrogen-bond donors (Lipinski definition) is 7. The second kappa shape index (κ2) is 10.8. The molecule has 8 N–H and O–H groups in total. The molecule has 1 saturated heterocycles. The highest BCUT2D eigenvalue weighted by Crippen LogP contribution is 2.60. The quantitative estimate of drug-likeness (QED) is 0.156. The van der Waals surface area contributed by atoms with Crippen LogP contribution in [0.25, 0.3) is 0 Å². The van der Waals surface area contributed by atoms with E-state index in [9.17, 15) is 39.0 Å². The van der Waals surface area contributed by atoms with Crippen LogP contribution in [0.2, 0.25) is 0 Å². The van der Waals surface area contributed by atoms with Crippen LogP contribution in [0, 0.1) is 5.92 Å². The Balaban J connectivity index is 1.96. The summed E-state index contributed by atoms with van der Waals surface area (Å²) in [7, 11) is -10.4. The fraction of sp³-hybridized carbons (Fsp3) is 0.714. The van der Waals surface area contributed by atoms with Crippen LogP contribution in [-0.2, 0) is 27.2 Å². The van der Waals surface area contributed by atoms with E-state index in [4.69, 9.17) is 15.6 Å². The number of aromatic nitrogens is 2. The molecule has 2 unspecified atom stereocenters. The first-order valence-corrected chi connectivity index (χ1v) is 12.1. The van der Waals surface area contributed by atoms with E-state index in [1.165, 1.54) is 13.0 Å². The summed E-state index contributed by atoms with van der Waals surface area (Å²) >= 11 is 0. The minimum Gasteiger partial charge on any atom is -0.396 e. The summed E-state index contributed by atoms with van der Waals surface area (Å²) in [4.78, 5) is 34.5. The molecule has 0 radical (unpaired) electrons. The Morgan fingerprint density at radius 3 is 2.47 bits per heavy atom. The van der Waals surface area contributed by atoms with E-state index in [1.54, 1.807) is 0 Å². The first-order chi connectivity index (χ1) is 14.8. The second-order valence-corrected chi connectivity index (χ2v) is 9.97. The minimum atomic E-state index is -5.25. The minimum absolute atomic E-state index is 0.0912. The molecule has 0 amide bonds. The van der Waals surface area contributed by atoms with E-state index in [0.717, 1.165) is 10.8 Å². The van der Waals surface area contributed by atoms with Gasteiger partial charge in [0.2, 0.25) is 0 Å². The first kappa shape index (κ1) is 27.0. The van der Waals surface area contributed by atoms with Gasteiger partial charge in [-0.25, -0.2) is 13.9 Å². The Kier molecular flexibility index (Phi) is 9.09. The van der Waals surface area contributed by atoms with E-state index in [0.29, 0.717) is 0 Å². The van der Waals surface area contributed by atoms with Crippen LogP contribution in [-0.4, -0.2) is 84.0 Å². The molecule has 8 atom stereocenters. The number of rotatable bonds is 11. The summed E-state index contributed by atoms with van der Waals surface area (Å²) in [5.74, 6) is -0.803.